The normalized spacial score (nSPS) is 11.1. The zero-order valence-corrected chi connectivity index (χ0v) is 16.2. The van der Waals surface area contributed by atoms with Crippen LogP contribution < -0.4 is 0 Å². The van der Waals surface area contributed by atoms with Gasteiger partial charge in [0.05, 0.1) is 34.7 Å². The molecule has 3 rings (SSSR count). The highest BCUT2D eigenvalue weighted by Crippen LogP contribution is 2.25. The molecule has 8 heteroatoms. The van der Waals surface area contributed by atoms with Crippen molar-refractivity contribution in [2.75, 3.05) is 12.4 Å². The van der Waals surface area contributed by atoms with Gasteiger partial charge in [-0.15, -0.1) is 0 Å². The Labute approximate surface area is 159 Å². The van der Waals surface area contributed by atoms with Crippen molar-refractivity contribution in [3.8, 4) is 0 Å². The Morgan fingerprint density at radius 1 is 1.27 bits per heavy atom. The Kier molecular flexibility index (Phi) is 5.38. The van der Waals surface area contributed by atoms with E-state index in [-0.39, 0.29) is 18.1 Å². The van der Waals surface area contributed by atoms with E-state index in [2.05, 4.69) is 15.0 Å². The molecule has 6 nitrogen and oxygen atoms in total. The smallest absolute Gasteiger partial charge is 0.340 e. The number of nitrogens with one attached hydrogen (secondary N) is 2. The summed E-state index contributed by atoms with van der Waals surface area (Å²) in [5.74, 6) is -0.333. The van der Waals surface area contributed by atoms with Gasteiger partial charge in [-0.2, -0.15) is 0 Å². The Morgan fingerprint density at radius 2 is 2.04 bits per heavy atom. The molecule has 2 aromatic heterocycles. The lowest BCUT2D eigenvalue weighted by Crippen LogP contribution is -2.08. The molecule has 2 N–H and O–H groups in total. The molecule has 0 bridgehead atoms. The van der Waals surface area contributed by atoms with Gasteiger partial charge in [0.1, 0.15) is 0 Å². The second-order valence-corrected chi connectivity index (χ2v) is 7.16. The first-order valence-corrected chi connectivity index (χ1v) is 9.44. The number of esters is 1. The molecular formula is C18H18ClN3O3S. The molecule has 0 spiro atoms. The van der Waals surface area contributed by atoms with E-state index in [4.69, 9.17) is 16.3 Å². The molecule has 0 unspecified atom stereocenters. The van der Waals surface area contributed by atoms with Crippen LogP contribution in [0.4, 0.5) is 0 Å². The minimum absolute atomic E-state index is 0.107. The van der Waals surface area contributed by atoms with Crippen molar-refractivity contribution in [1.82, 2.24) is 15.0 Å². The summed E-state index contributed by atoms with van der Waals surface area (Å²) < 4.78 is 5.05. The number of hydrogen-bond donors (Lipinski definition) is 2. The summed E-state index contributed by atoms with van der Waals surface area (Å²) in [6.45, 7) is 5.54. The van der Waals surface area contributed by atoms with Crippen LogP contribution in [0.2, 0.25) is 5.02 Å². The van der Waals surface area contributed by atoms with Crippen molar-refractivity contribution in [2.45, 2.75) is 25.9 Å². The Bertz CT molecular complexity index is 993. The van der Waals surface area contributed by atoms with Crippen LogP contribution in [0, 0.1) is 13.8 Å². The molecule has 26 heavy (non-hydrogen) atoms. The molecule has 0 saturated heterocycles. The van der Waals surface area contributed by atoms with Crippen molar-refractivity contribution in [2.24, 2.45) is 0 Å². The Hall–Kier alpha value is -2.25. The van der Waals surface area contributed by atoms with Gasteiger partial charge in [0.15, 0.2) is 10.9 Å². The van der Waals surface area contributed by atoms with Crippen molar-refractivity contribution in [1.29, 1.82) is 0 Å². The van der Waals surface area contributed by atoms with E-state index in [1.165, 1.54) is 11.8 Å². The largest absolute Gasteiger partial charge is 0.462 e. The third-order valence-electron chi connectivity index (χ3n) is 3.96. The van der Waals surface area contributed by atoms with Gasteiger partial charge in [-0.3, -0.25) is 4.79 Å². The van der Waals surface area contributed by atoms with E-state index in [1.807, 2.05) is 6.07 Å². The lowest BCUT2D eigenvalue weighted by molar-refractivity contribution is 0.0525. The van der Waals surface area contributed by atoms with Crippen LogP contribution in [-0.2, 0) is 4.74 Å². The fourth-order valence-electron chi connectivity index (χ4n) is 2.77. The number of ether oxygens (including phenoxy) is 1. The zero-order chi connectivity index (χ0) is 18.8. The predicted molar refractivity (Wildman–Crippen MR) is 102 cm³/mol. The van der Waals surface area contributed by atoms with E-state index in [1.54, 1.807) is 32.9 Å². The maximum atomic E-state index is 12.6. The summed E-state index contributed by atoms with van der Waals surface area (Å²) in [6.07, 6.45) is 0. The number of ketones is 1. The predicted octanol–water partition coefficient (Wildman–Crippen LogP) is 4.31. The number of H-pyrrole nitrogens is 2. The highest BCUT2D eigenvalue weighted by Gasteiger charge is 2.23. The number of benzene rings is 1. The van der Waals surface area contributed by atoms with E-state index >= 15 is 0 Å². The number of Topliss-reactive ketones (excluding diaryl/α,β-unsaturated/α-hetero) is 1. The maximum Gasteiger partial charge on any atom is 0.340 e. The van der Waals surface area contributed by atoms with Crippen molar-refractivity contribution in [3.05, 3.63) is 45.7 Å². The average Bonchev–Trinajstić information content (AvgIpc) is 3.12. The Morgan fingerprint density at radius 3 is 2.77 bits per heavy atom. The number of thioether (sulfide) groups is 1. The first kappa shape index (κ1) is 18.5. The van der Waals surface area contributed by atoms with Crippen molar-refractivity contribution < 1.29 is 14.3 Å². The molecule has 0 aliphatic heterocycles. The van der Waals surface area contributed by atoms with Gasteiger partial charge in [-0.05, 0) is 44.5 Å². The molecule has 0 saturated carbocycles. The number of hydrogen-bond acceptors (Lipinski definition) is 5. The van der Waals surface area contributed by atoms with Gasteiger partial charge < -0.3 is 14.7 Å². The van der Waals surface area contributed by atoms with Crippen LogP contribution in [-0.4, -0.2) is 39.1 Å². The SMILES string of the molecule is CCOC(=O)c1c(C)[nH]c(C(=O)CSc2nc3ccc(Cl)cc3[nH]2)c1C. The topological polar surface area (TPSA) is 87.8 Å². The maximum absolute atomic E-state index is 12.6. The summed E-state index contributed by atoms with van der Waals surface area (Å²) >= 11 is 7.27. The summed E-state index contributed by atoms with van der Waals surface area (Å²) in [5.41, 5.74) is 3.72. The van der Waals surface area contributed by atoms with Crippen LogP contribution in [0.5, 0.6) is 0 Å². The monoisotopic (exact) mass is 391 g/mol. The van der Waals surface area contributed by atoms with Crippen molar-refractivity contribution >= 4 is 46.1 Å². The third kappa shape index (κ3) is 3.64. The van der Waals surface area contributed by atoms with Gasteiger partial charge in [0.2, 0.25) is 0 Å². The lowest BCUT2D eigenvalue weighted by atomic mass is 10.1. The second kappa shape index (κ2) is 7.55. The Balaban J connectivity index is 1.75. The molecule has 0 fully saturated rings. The molecule has 3 aromatic rings. The molecule has 2 heterocycles. The zero-order valence-electron chi connectivity index (χ0n) is 14.6. The minimum atomic E-state index is -0.417. The number of rotatable bonds is 6. The van der Waals surface area contributed by atoms with E-state index in [0.717, 1.165) is 11.0 Å². The number of halogens is 1. The molecule has 0 aliphatic rings. The number of aromatic amines is 2. The number of carbonyl (C=O) groups excluding carboxylic acids is 2. The summed E-state index contributed by atoms with van der Waals surface area (Å²) in [7, 11) is 0. The number of aryl methyl sites for hydroxylation is 1. The standard InChI is InChI=1S/C18H18ClN3O3S/c1-4-25-17(24)15-9(2)16(20-10(15)3)14(23)8-26-18-21-12-6-5-11(19)7-13(12)22-18/h5-7,20H,4,8H2,1-3H3,(H,21,22). The van der Waals surface area contributed by atoms with Gasteiger partial charge in [0, 0.05) is 10.7 Å². The first-order chi connectivity index (χ1) is 12.4. The number of fused-ring (bicyclic) bond motifs is 1. The van der Waals surface area contributed by atoms with Gasteiger partial charge >= 0.3 is 5.97 Å². The highest BCUT2D eigenvalue weighted by atomic mass is 35.5. The van der Waals surface area contributed by atoms with E-state index in [0.29, 0.717) is 32.7 Å². The van der Waals surface area contributed by atoms with Gasteiger partial charge in [0.25, 0.3) is 0 Å². The van der Waals surface area contributed by atoms with Crippen LogP contribution in [0.3, 0.4) is 0 Å². The van der Waals surface area contributed by atoms with Gasteiger partial charge in [-0.1, -0.05) is 23.4 Å². The number of carbonyl (C=O) groups is 2. The van der Waals surface area contributed by atoms with Crippen LogP contribution in [0.15, 0.2) is 23.4 Å². The minimum Gasteiger partial charge on any atom is -0.462 e. The molecule has 0 radical (unpaired) electrons. The number of imidazole rings is 1. The number of nitrogens with zero attached hydrogens (tertiary/aromatic N) is 1. The fourth-order valence-corrected chi connectivity index (χ4v) is 3.70. The van der Waals surface area contributed by atoms with E-state index < -0.39 is 5.97 Å². The second-order valence-electron chi connectivity index (χ2n) is 5.76. The summed E-state index contributed by atoms with van der Waals surface area (Å²) in [5, 5.41) is 1.26. The molecule has 136 valence electrons. The molecule has 0 atom stereocenters. The fraction of sp³-hybridized carbons (Fsp3) is 0.278. The molecule has 1 aromatic carbocycles. The van der Waals surface area contributed by atoms with Crippen molar-refractivity contribution in [3.63, 3.8) is 0 Å². The molecular weight excluding hydrogens is 374 g/mol. The summed E-state index contributed by atoms with van der Waals surface area (Å²) in [6, 6.07) is 5.39. The van der Waals surface area contributed by atoms with Crippen LogP contribution >= 0.6 is 23.4 Å². The summed E-state index contributed by atoms with van der Waals surface area (Å²) in [4.78, 5) is 35.2. The third-order valence-corrected chi connectivity index (χ3v) is 5.07. The first-order valence-electron chi connectivity index (χ1n) is 8.08. The van der Waals surface area contributed by atoms with Gasteiger partial charge in [-0.25, -0.2) is 9.78 Å². The average molecular weight is 392 g/mol. The number of aromatic nitrogens is 3. The van der Waals surface area contributed by atoms with E-state index in [9.17, 15) is 9.59 Å². The highest BCUT2D eigenvalue weighted by molar-refractivity contribution is 7.99. The molecule has 0 amide bonds. The van der Waals surface area contributed by atoms with Crippen LogP contribution in [0.25, 0.3) is 11.0 Å². The quantitative estimate of drug-likeness (QED) is 0.371. The molecule has 0 aliphatic carbocycles. The van der Waals surface area contributed by atoms with Crippen LogP contribution in [0.1, 0.15) is 39.0 Å². The lowest BCUT2D eigenvalue weighted by Gasteiger charge is -2.02.